The first-order valence-corrected chi connectivity index (χ1v) is 5.17. The molecular weight excluding hydrogens is 258 g/mol. The van der Waals surface area contributed by atoms with E-state index in [1.165, 1.54) is 0 Å². The molecule has 0 atom stereocenters. The van der Waals surface area contributed by atoms with E-state index in [0.29, 0.717) is 10.9 Å². The number of aryl methyl sites for hydroxylation is 1. The van der Waals surface area contributed by atoms with Crippen LogP contribution in [0.15, 0.2) is 28.9 Å². The molecule has 1 N–H and O–H groups in total. The number of hydrogen-bond acceptors (Lipinski definition) is 2. The first-order valence-electron chi connectivity index (χ1n) is 4.38. The second-order valence-electron chi connectivity index (χ2n) is 3.22. The Hall–Kier alpha value is -1.42. The average molecular weight is 266 g/mol. The summed E-state index contributed by atoms with van der Waals surface area (Å²) in [4.78, 5) is 15.1. The van der Waals surface area contributed by atoms with Crippen molar-refractivity contribution in [1.29, 1.82) is 0 Å². The second-order valence-corrected chi connectivity index (χ2v) is 4.07. The van der Waals surface area contributed by atoms with Crippen LogP contribution in [-0.2, 0) is 0 Å². The quantitative estimate of drug-likeness (QED) is 0.863. The first-order chi connectivity index (χ1) is 7.11. The predicted octanol–water partition coefficient (Wildman–Crippen LogP) is 3.00. The van der Waals surface area contributed by atoms with Gasteiger partial charge in [0.05, 0.1) is 5.56 Å². The van der Waals surface area contributed by atoms with Crippen molar-refractivity contribution in [3.63, 3.8) is 0 Å². The van der Waals surface area contributed by atoms with E-state index in [-0.39, 0.29) is 0 Å². The highest BCUT2D eigenvalue weighted by Crippen LogP contribution is 2.28. The molecule has 0 fully saturated rings. The van der Waals surface area contributed by atoms with E-state index < -0.39 is 5.97 Å². The number of pyridine rings is 1. The second kappa shape index (κ2) is 3.62. The van der Waals surface area contributed by atoms with Gasteiger partial charge in [-0.1, -0.05) is 15.9 Å². The first kappa shape index (κ1) is 10.1. The Bertz CT molecular complexity index is 543. The Morgan fingerprint density at radius 3 is 2.80 bits per heavy atom. The van der Waals surface area contributed by atoms with Gasteiger partial charge in [0.25, 0.3) is 0 Å². The molecule has 0 aliphatic rings. The Kier molecular flexibility index (Phi) is 2.44. The van der Waals surface area contributed by atoms with Gasteiger partial charge in [-0.3, -0.25) is 4.98 Å². The van der Waals surface area contributed by atoms with Gasteiger partial charge in [-0.25, -0.2) is 4.79 Å². The number of aromatic carboxylic acids is 1. The van der Waals surface area contributed by atoms with Crippen molar-refractivity contribution in [1.82, 2.24) is 4.98 Å². The maximum atomic E-state index is 11.0. The summed E-state index contributed by atoms with van der Waals surface area (Å²) in [6.45, 7) is 1.86. The molecule has 3 nitrogen and oxygen atoms in total. The number of halogens is 1. The standard InChI is InChI=1S/C11H8BrNO2/c1-6-10-7(4-5-13-6)8(11(14)15)2-3-9(10)12/h2-5H,1H3,(H,14,15). The zero-order chi connectivity index (χ0) is 11.0. The van der Waals surface area contributed by atoms with Gasteiger partial charge >= 0.3 is 5.97 Å². The number of rotatable bonds is 1. The van der Waals surface area contributed by atoms with Crippen LogP contribution in [-0.4, -0.2) is 16.1 Å². The third-order valence-corrected chi connectivity index (χ3v) is 2.96. The molecular formula is C11H8BrNO2. The fraction of sp³-hybridized carbons (Fsp3) is 0.0909. The SMILES string of the molecule is Cc1nccc2c(C(=O)O)ccc(Br)c12. The molecule has 0 saturated carbocycles. The van der Waals surface area contributed by atoms with Crippen molar-refractivity contribution in [2.45, 2.75) is 6.92 Å². The molecule has 0 saturated heterocycles. The lowest BCUT2D eigenvalue weighted by atomic mass is 10.0. The fourth-order valence-corrected chi connectivity index (χ4v) is 2.24. The number of carboxylic acid groups (broad SMARTS) is 1. The summed E-state index contributed by atoms with van der Waals surface area (Å²) in [5.74, 6) is -0.918. The number of nitrogens with zero attached hydrogens (tertiary/aromatic N) is 1. The van der Waals surface area contributed by atoms with Gasteiger partial charge < -0.3 is 5.11 Å². The summed E-state index contributed by atoms with van der Waals surface area (Å²) >= 11 is 3.40. The molecule has 1 heterocycles. The van der Waals surface area contributed by atoms with E-state index in [4.69, 9.17) is 5.11 Å². The van der Waals surface area contributed by atoms with E-state index in [0.717, 1.165) is 15.6 Å². The lowest BCUT2D eigenvalue weighted by molar-refractivity contribution is 0.0699. The minimum Gasteiger partial charge on any atom is -0.478 e. The minimum atomic E-state index is -0.918. The zero-order valence-corrected chi connectivity index (χ0v) is 9.58. The maximum absolute atomic E-state index is 11.0. The number of aromatic nitrogens is 1. The van der Waals surface area contributed by atoms with Crippen LogP contribution in [0.2, 0.25) is 0 Å². The molecule has 0 amide bonds. The Morgan fingerprint density at radius 2 is 2.13 bits per heavy atom. The van der Waals surface area contributed by atoms with Crippen molar-refractivity contribution in [2.24, 2.45) is 0 Å². The van der Waals surface area contributed by atoms with Crippen LogP contribution in [0.5, 0.6) is 0 Å². The molecule has 1 aromatic heterocycles. The summed E-state index contributed by atoms with van der Waals surface area (Å²) in [5.41, 5.74) is 1.13. The van der Waals surface area contributed by atoms with Crippen LogP contribution in [0.25, 0.3) is 10.8 Å². The zero-order valence-electron chi connectivity index (χ0n) is 7.99. The molecule has 76 valence electrons. The highest BCUT2D eigenvalue weighted by Gasteiger charge is 2.11. The highest BCUT2D eigenvalue weighted by molar-refractivity contribution is 9.10. The van der Waals surface area contributed by atoms with Gasteiger partial charge in [0.1, 0.15) is 0 Å². The van der Waals surface area contributed by atoms with E-state index in [2.05, 4.69) is 20.9 Å². The van der Waals surface area contributed by atoms with Gasteiger partial charge in [-0.2, -0.15) is 0 Å². The maximum Gasteiger partial charge on any atom is 0.336 e. The van der Waals surface area contributed by atoms with Gasteiger partial charge in [-0.05, 0) is 25.1 Å². The highest BCUT2D eigenvalue weighted by atomic mass is 79.9. The molecule has 0 unspecified atom stereocenters. The molecule has 0 spiro atoms. The molecule has 4 heteroatoms. The van der Waals surface area contributed by atoms with Crippen LogP contribution in [0.1, 0.15) is 16.1 Å². The van der Waals surface area contributed by atoms with E-state index in [1.807, 2.05) is 6.92 Å². The third kappa shape index (κ3) is 1.61. The number of carbonyl (C=O) groups is 1. The van der Waals surface area contributed by atoms with Gasteiger partial charge in [0.2, 0.25) is 0 Å². The molecule has 0 bridgehead atoms. The average Bonchev–Trinajstić information content (AvgIpc) is 2.17. The molecule has 2 aromatic rings. The van der Waals surface area contributed by atoms with Crippen LogP contribution < -0.4 is 0 Å². The molecule has 1 aromatic carbocycles. The molecule has 2 rings (SSSR count). The summed E-state index contributed by atoms with van der Waals surface area (Å²) in [6, 6.07) is 5.05. The van der Waals surface area contributed by atoms with E-state index in [9.17, 15) is 4.79 Å². The van der Waals surface area contributed by atoms with E-state index >= 15 is 0 Å². The third-order valence-electron chi connectivity index (χ3n) is 2.30. The van der Waals surface area contributed by atoms with Gasteiger partial charge in [0, 0.05) is 27.1 Å². The lowest BCUT2D eigenvalue weighted by Gasteiger charge is -2.06. The number of hydrogen-bond donors (Lipinski definition) is 1. The van der Waals surface area contributed by atoms with Gasteiger partial charge in [-0.15, -0.1) is 0 Å². The fourth-order valence-electron chi connectivity index (χ4n) is 1.61. The van der Waals surface area contributed by atoms with Gasteiger partial charge in [0.15, 0.2) is 0 Å². The molecule has 0 aliphatic carbocycles. The monoisotopic (exact) mass is 265 g/mol. The van der Waals surface area contributed by atoms with Crippen molar-refractivity contribution in [2.75, 3.05) is 0 Å². The normalized spacial score (nSPS) is 10.5. The van der Waals surface area contributed by atoms with Crippen LogP contribution in [0.4, 0.5) is 0 Å². The molecule has 15 heavy (non-hydrogen) atoms. The number of benzene rings is 1. The largest absolute Gasteiger partial charge is 0.478 e. The number of carboxylic acids is 1. The Morgan fingerprint density at radius 1 is 1.40 bits per heavy atom. The van der Waals surface area contributed by atoms with Crippen LogP contribution in [0, 0.1) is 6.92 Å². The van der Waals surface area contributed by atoms with Crippen molar-refractivity contribution in [3.05, 3.63) is 40.1 Å². The summed E-state index contributed by atoms with van der Waals surface area (Å²) < 4.78 is 0.869. The molecule has 0 radical (unpaired) electrons. The minimum absolute atomic E-state index is 0.304. The van der Waals surface area contributed by atoms with Crippen molar-refractivity contribution >= 4 is 32.7 Å². The smallest absolute Gasteiger partial charge is 0.336 e. The molecule has 0 aliphatic heterocycles. The lowest BCUT2D eigenvalue weighted by Crippen LogP contribution is -1.98. The van der Waals surface area contributed by atoms with Crippen LogP contribution in [0.3, 0.4) is 0 Å². The van der Waals surface area contributed by atoms with Crippen LogP contribution >= 0.6 is 15.9 Å². The predicted molar refractivity (Wildman–Crippen MR) is 61.1 cm³/mol. The topological polar surface area (TPSA) is 50.2 Å². The van der Waals surface area contributed by atoms with Crippen molar-refractivity contribution < 1.29 is 9.90 Å². The Balaban J connectivity index is 2.95. The number of fused-ring (bicyclic) bond motifs is 1. The van der Waals surface area contributed by atoms with Crippen molar-refractivity contribution in [3.8, 4) is 0 Å². The summed E-state index contributed by atoms with van der Waals surface area (Å²) in [6.07, 6.45) is 1.62. The Labute approximate surface area is 94.9 Å². The van der Waals surface area contributed by atoms with E-state index in [1.54, 1.807) is 24.4 Å². The summed E-state index contributed by atoms with van der Waals surface area (Å²) in [7, 11) is 0. The summed E-state index contributed by atoms with van der Waals surface area (Å²) in [5, 5.41) is 10.6.